The molecule has 3 rings (SSSR count). The zero-order valence-electron chi connectivity index (χ0n) is 13.7. The van der Waals surface area contributed by atoms with E-state index in [-0.39, 0.29) is 13.2 Å². The maximum Gasteiger partial charge on any atom is 0.331 e. The van der Waals surface area contributed by atoms with Gasteiger partial charge in [-0.3, -0.25) is 0 Å². The van der Waals surface area contributed by atoms with Crippen molar-refractivity contribution in [3.05, 3.63) is 89.3 Å². The molecule has 0 bridgehead atoms. The molecule has 2 aromatic carbocycles. The van der Waals surface area contributed by atoms with Crippen LogP contribution in [-0.2, 0) is 22.7 Å². The number of carbonyl (C=O) groups excluding carboxylic acids is 1. The second-order valence-corrected chi connectivity index (χ2v) is 5.51. The Hall–Kier alpha value is -3.35. The summed E-state index contributed by atoms with van der Waals surface area (Å²) in [4.78, 5) is 11.7. The van der Waals surface area contributed by atoms with Gasteiger partial charge in [0.15, 0.2) is 11.6 Å². The molecule has 7 heteroatoms. The second-order valence-electron chi connectivity index (χ2n) is 5.51. The topological polar surface area (TPSA) is 57.0 Å². The van der Waals surface area contributed by atoms with Crippen LogP contribution in [0.5, 0.6) is 0 Å². The smallest absolute Gasteiger partial charge is 0.331 e. The SMILES string of the molecule is O=C(/C=C/c1ccccc1)OCc1cn(Cc2ccc(F)c(F)c2)nn1. The Morgan fingerprint density at radius 2 is 1.92 bits per heavy atom. The predicted molar refractivity (Wildman–Crippen MR) is 90.8 cm³/mol. The highest BCUT2D eigenvalue weighted by Crippen LogP contribution is 2.10. The molecule has 0 radical (unpaired) electrons. The summed E-state index contributed by atoms with van der Waals surface area (Å²) in [7, 11) is 0. The summed E-state index contributed by atoms with van der Waals surface area (Å²) >= 11 is 0. The van der Waals surface area contributed by atoms with E-state index in [2.05, 4.69) is 10.3 Å². The number of benzene rings is 2. The minimum absolute atomic E-state index is 0.0320. The lowest BCUT2D eigenvalue weighted by atomic mass is 10.2. The van der Waals surface area contributed by atoms with Gasteiger partial charge in [-0.05, 0) is 29.3 Å². The minimum Gasteiger partial charge on any atom is -0.456 e. The lowest BCUT2D eigenvalue weighted by molar-refractivity contribution is -0.139. The van der Waals surface area contributed by atoms with Crippen LogP contribution < -0.4 is 0 Å². The number of hydrogen-bond acceptors (Lipinski definition) is 4. The van der Waals surface area contributed by atoms with E-state index in [4.69, 9.17) is 4.74 Å². The number of halogens is 2. The first-order chi connectivity index (χ1) is 12.6. The highest BCUT2D eigenvalue weighted by molar-refractivity contribution is 5.86. The van der Waals surface area contributed by atoms with Gasteiger partial charge in [-0.2, -0.15) is 0 Å². The van der Waals surface area contributed by atoms with Crippen molar-refractivity contribution in [3.63, 3.8) is 0 Å². The van der Waals surface area contributed by atoms with Gasteiger partial charge in [-0.25, -0.2) is 18.3 Å². The Morgan fingerprint density at radius 1 is 1.12 bits per heavy atom. The summed E-state index contributed by atoms with van der Waals surface area (Å²) in [6.07, 6.45) is 4.57. The van der Waals surface area contributed by atoms with Crippen LogP contribution in [0.1, 0.15) is 16.8 Å². The van der Waals surface area contributed by atoms with Crippen molar-refractivity contribution in [1.82, 2.24) is 15.0 Å². The molecule has 0 aliphatic carbocycles. The zero-order valence-corrected chi connectivity index (χ0v) is 13.7. The maximum atomic E-state index is 13.2. The van der Waals surface area contributed by atoms with Crippen LogP contribution in [0.3, 0.4) is 0 Å². The first-order valence-corrected chi connectivity index (χ1v) is 7.83. The van der Waals surface area contributed by atoms with Gasteiger partial charge in [-0.15, -0.1) is 5.10 Å². The van der Waals surface area contributed by atoms with E-state index in [1.165, 1.54) is 16.8 Å². The van der Waals surface area contributed by atoms with E-state index in [9.17, 15) is 13.6 Å². The third-order valence-electron chi connectivity index (χ3n) is 3.49. The van der Waals surface area contributed by atoms with E-state index in [0.717, 1.165) is 17.7 Å². The molecule has 0 saturated heterocycles. The molecular weight excluding hydrogens is 340 g/mol. The van der Waals surface area contributed by atoms with Gasteiger partial charge in [0.1, 0.15) is 12.3 Å². The molecule has 1 aromatic heterocycles. The van der Waals surface area contributed by atoms with E-state index in [1.807, 2.05) is 30.3 Å². The highest BCUT2D eigenvalue weighted by Gasteiger charge is 2.07. The number of esters is 1. The van der Waals surface area contributed by atoms with E-state index < -0.39 is 17.6 Å². The minimum atomic E-state index is -0.915. The van der Waals surface area contributed by atoms with Gasteiger partial charge in [0.05, 0.1) is 12.7 Å². The largest absolute Gasteiger partial charge is 0.456 e. The van der Waals surface area contributed by atoms with Crippen LogP contribution in [0.25, 0.3) is 6.08 Å². The molecule has 0 saturated carbocycles. The molecule has 0 aliphatic heterocycles. The lowest BCUT2D eigenvalue weighted by Crippen LogP contribution is -2.02. The predicted octanol–water partition coefficient (Wildman–Crippen LogP) is 3.36. The van der Waals surface area contributed by atoms with Gasteiger partial charge in [0, 0.05) is 6.08 Å². The summed E-state index contributed by atoms with van der Waals surface area (Å²) in [5.74, 6) is -2.31. The van der Waals surface area contributed by atoms with Crippen molar-refractivity contribution in [1.29, 1.82) is 0 Å². The molecule has 5 nitrogen and oxygen atoms in total. The standard InChI is InChI=1S/C19H15F2N3O2/c20-17-8-6-15(10-18(17)21)11-24-12-16(22-23-24)13-26-19(25)9-7-14-4-2-1-3-5-14/h1-10,12H,11,13H2/b9-7+. The monoisotopic (exact) mass is 355 g/mol. The summed E-state index contributed by atoms with van der Waals surface area (Å²) in [6, 6.07) is 13.0. The van der Waals surface area contributed by atoms with Gasteiger partial charge in [0.2, 0.25) is 0 Å². The zero-order chi connectivity index (χ0) is 18.4. The molecule has 0 spiro atoms. The molecule has 0 amide bonds. The number of ether oxygens (including phenoxy) is 1. The van der Waals surface area contributed by atoms with Crippen molar-refractivity contribution in [2.24, 2.45) is 0 Å². The molecular formula is C19H15F2N3O2. The fraction of sp³-hybridized carbons (Fsp3) is 0.105. The Labute approximate surface area is 148 Å². The summed E-state index contributed by atoms with van der Waals surface area (Å²) in [5.41, 5.74) is 1.89. The summed E-state index contributed by atoms with van der Waals surface area (Å²) < 4.78 is 32.7. The average Bonchev–Trinajstić information content (AvgIpc) is 3.09. The normalized spacial score (nSPS) is 11.0. The molecule has 0 N–H and O–H groups in total. The second kappa shape index (κ2) is 8.15. The Balaban J connectivity index is 1.52. The highest BCUT2D eigenvalue weighted by atomic mass is 19.2. The van der Waals surface area contributed by atoms with Crippen molar-refractivity contribution >= 4 is 12.0 Å². The Morgan fingerprint density at radius 3 is 2.69 bits per heavy atom. The van der Waals surface area contributed by atoms with Gasteiger partial charge in [0.25, 0.3) is 0 Å². The first kappa shape index (κ1) is 17.5. The number of carbonyl (C=O) groups is 1. The average molecular weight is 355 g/mol. The molecule has 0 unspecified atom stereocenters. The fourth-order valence-electron chi connectivity index (χ4n) is 2.23. The van der Waals surface area contributed by atoms with E-state index >= 15 is 0 Å². The summed E-state index contributed by atoms with van der Waals surface area (Å²) in [6.45, 7) is 0.196. The third kappa shape index (κ3) is 4.83. The van der Waals surface area contributed by atoms with Crippen LogP contribution in [0, 0.1) is 11.6 Å². The van der Waals surface area contributed by atoms with Crippen molar-refractivity contribution in [3.8, 4) is 0 Å². The Kier molecular flexibility index (Phi) is 5.48. The van der Waals surface area contributed by atoms with Gasteiger partial charge in [-0.1, -0.05) is 41.6 Å². The molecule has 0 fully saturated rings. The van der Waals surface area contributed by atoms with Crippen molar-refractivity contribution in [2.45, 2.75) is 13.2 Å². The summed E-state index contributed by atoms with van der Waals surface area (Å²) in [5, 5.41) is 7.76. The van der Waals surface area contributed by atoms with Crippen molar-refractivity contribution < 1.29 is 18.3 Å². The number of aromatic nitrogens is 3. The lowest BCUT2D eigenvalue weighted by Gasteiger charge is -2.01. The molecule has 132 valence electrons. The molecule has 3 aromatic rings. The van der Waals surface area contributed by atoms with E-state index in [1.54, 1.807) is 12.3 Å². The van der Waals surface area contributed by atoms with E-state index in [0.29, 0.717) is 11.3 Å². The third-order valence-corrected chi connectivity index (χ3v) is 3.49. The number of rotatable bonds is 6. The fourth-order valence-corrected chi connectivity index (χ4v) is 2.23. The van der Waals surface area contributed by atoms with Gasteiger partial charge < -0.3 is 4.74 Å². The number of hydrogen-bond donors (Lipinski definition) is 0. The Bertz CT molecular complexity index is 924. The molecule has 26 heavy (non-hydrogen) atoms. The number of nitrogens with zero attached hydrogens (tertiary/aromatic N) is 3. The molecule has 0 atom stereocenters. The van der Waals surface area contributed by atoms with Crippen LogP contribution in [0.15, 0.2) is 60.8 Å². The van der Waals surface area contributed by atoms with Crippen LogP contribution in [-0.4, -0.2) is 21.0 Å². The van der Waals surface area contributed by atoms with Gasteiger partial charge >= 0.3 is 5.97 Å². The quantitative estimate of drug-likeness (QED) is 0.503. The first-order valence-electron chi connectivity index (χ1n) is 7.83. The van der Waals surface area contributed by atoms with Crippen LogP contribution in [0.4, 0.5) is 8.78 Å². The maximum absolute atomic E-state index is 13.2. The van der Waals surface area contributed by atoms with Crippen LogP contribution >= 0.6 is 0 Å². The van der Waals surface area contributed by atoms with Crippen LogP contribution in [0.2, 0.25) is 0 Å². The molecule has 1 heterocycles. The van der Waals surface area contributed by atoms with Crippen molar-refractivity contribution in [2.75, 3.05) is 0 Å². The molecule has 0 aliphatic rings.